The Morgan fingerprint density at radius 1 is 1.26 bits per heavy atom. The van der Waals surface area contributed by atoms with Gasteiger partial charge in [-0.2, -0.15) is 0 Å². The van der Waals surface area contributed by atoms with Gasteiger partial charge in [0.2, 0.25) is 5.91 Å². The lowest BCUT2D eigenvalue weighted by atomic mass is 9.85. The van der Waals surface area contributed by atoms with E-state index in [0.29, 0.717) is 22.3 Å². The standard InChI is InChI=1S/C22H28ClFN4O2S/c1-3-25-21-20(23)12-19(13-26-21)31(30)28-18-10-6-16(7-11-18)22(29)27-14(2)15-4-8-17(24)9-5-15/h4-5,8-9,12-14,16,18,28H,3,6-7,10-11H2,1-2H3,(H,25,26)(H,27,29)/t14-,16?,18?,31?/m1/s1. The third-order valence-corrected chi connectivity index (χ3v) is 6.96. The lowest BCUT2D eigenvalue weighted by Crippen LogP contribution is -2.39. The first-order chi connectivity index (χ1) is 14.9. The van der Waals surface area contributed by atoms with Crippen LogP contribution in [0.1, 0.15) is 51.1 Å². The van der Waals surface area contributed by atoms with E-state index in [1.807, 2.05) is 13.8 Å². The Kier molecular flexibility index (Phi) is 8.40. The number of benzene rings is 1. The highest BCUT2D eigenvalue weighted by Gasteiger charge is 2.28. The van der Waals surface area contributed by atoms with Gasteiger partial charge in [0.1, 0.15) is 22.6 Å². The first-order valence-electron chi connectivity index (χ1n) is 10.5. The van der Waals surface area contributed by atoms with Crippen molar-refractivity contribution in [3.8, 4) is 0 Å². The summed E-state index contributed by atoms with van der Waals surface area (Å²) < 4.78 is 28.9. The number of amides is 1. The minimum Gasteiger partial charge on any atom is -0.369 e. The van der Waals surface area contributed by atoms with E-state index < -0.39 is 11.0 Å². The number of carbonyl (C=O) groups is 1. The number of hydrogen-bond acceptors (Lipinski definition) is 4. The van der Waals surface area contributed by atoms with Crippen molar-refractivity contribution in [2.75, 3.05) is 11.9 Å². The van der Waals surface area contributed by atoms with Crippen molar-refractivity contribution < 1.29 is 13.4 Å². The summed E-state index contributed by atoms with van der Waals surface area (Å²) in [5.74, 6) is 0.208. The Morgan fingerprint density at radius 2 is 1.94 bits per heavy atom. The maximum Gasteiger partial charge on any atom is 0.223 e. The maximum absolute atomic E-state index is 13.1. The molecule has 168 valence electrons. The monoisotopic (exact) mass is 466 g/mol. The fraction of sp³-hybridized carbons (Fsp3) is 0.455. The number of nitrogens with zero attached hydrogens (tertiary/aromatic N) is 1. The third kappa shape index (κ3) is 6.48. The molecule has 1 heterocycles. The van der Waals surface area contributed by atoms with Crippen molar-refractivity contribution in [2.45, 2.75) is 56.5 Å². The van der Waals surface area contributed by atoms with Gasteiger partial charge in [-0.3, -0.25) is 4.79 Å². The third-order valence-electron chi connectivity index (χ3n) is 5.47. The van der Waals surface area contributed by atoms with E-state index in [1.54, 1.807) is 24.4 Å². The molecule has 0 aliphatic heterocycles. The molecular weight excluding hydrogens is 439 g/mol. The molecule has 0 saturated heterocycles. The van der Waals surface area contributed by atoms with Crippen molar-refractivity contribution in [3.63, 3.8) is 0 Å². The largest absolute Gasteiger partial charge is 0.369 e. The normalized spacial score (nSPS) is 20.6. The summed E-state index contributed by atoms with van der Waals surface area (Å²) in [4.78, 5) is 17.4. The summed E-state index contributed by atoms with van der Waals surface area (Å²) in [7, 11) is -1.42. The summed E-state index contributed by atoms with van der Waals surface area (Å²) in [5, 5.41) is 6.50. The summed E-state index contributed by atoms with van der Waals surface area (Å²) >= 11 is 6.19. The summed E-state index contributed by atoms with van der Waals surface area (Å²) in [6, 6.07) is 7.69. The molecule has 0 bridgehead atoms. The van der Waals surface area contributed by atoms with Gasteiger partial charge < -0.3 is 10.6 Å². The molecule has 3 rings (SSSR count). The zero-order valence-corrected chi connectivity index (χ0v) is 19.2. The molecular formula is C22H28ClFN4O2S. The summed E-state index contributed by atoms with van der Waals surface area (Å²) in [5.41, 5.74) is 0.868. The van der Waals surface area contributed by atoms with Gasteiger partial charge in [0.05, 0.1) is 16.0 Å². The van der Waals surface area contributed by atoms with Gasteiger partial charge in [0.25, 0.3) is 0 Å². The Bertz CT molecular complexity index is 920. The van der Waals surface area contributed by atoms with Crippen LogP contribution >= 0.6 is 11.6 Å². The molecule has 1 aromatic heterocycles. The number of hydrogen-bond donors (Lipinski definition) is 3. The molecule has 2 atom stereocenters. The predicted octanol–water partition coefficient (Wildman–Crippen LogP) is 4.35. The van der Waals surface area contributed by atoms with Crippen molar-refractivity contribution in [1.82, 2.24) is 15.0 Å². The number of rotatable bonds is 8. The van der Waals surface area contributed by atoms with E-state index in [1.165, 1.54) is 12.1 Å². The second-order valence-corrected chi connectivity index (χ2v) is 9.40. The lowest BCUT2D eigenvalue weighted by molar-refractivity contribution is -0.126. The predicted molar refractivity (Wildman–Crippen MR) is 122 cm³/mol. The van der Waals surface area contributed by atoms with E-state index in [-0.39, 0.29) is 29.7 Å². The van der Waals surface area contributed by atoms with Crippen molar-refractivity contribution >= 4 is 34.3 Å². The highest BCUT2D eigenvalue weighted by atomic mass is 35.5. The molecule has 1 saturated carbocycles. The second kappa shape index (κ2) is 11.0. The molecule has 1 aromatic carbocycles. The number of anilines is 1. The highest BCUT2D eigenvalue weighted by Crippen LogP contribution is 2.27. The average Bonchev–Trinajstić information content (AvgIpc) is 2.76. The van der Waals surface area contributed by atoms with Crippen molar-refractivity contribution in [2.24, 2.45) is 5.92 Å². The number of aromatic nitrogens is 1. The van der Waals surface area contributed by atoms with Gasteiger partial charge in [-0.05, 0) is 63.3 Å². The lowest BCUT2D eigenvalue weighted by Gasteiger charge is -2.29. The van der Waals surface area contributed by atoms with Crippen LogP contribution in [0.4, 0.5) is 10.2 Å². The molecule has 0 spiro atoms. The quantitative estimate of drug-likeness (QED) is 0.540. The molecule has 9 heteroatoms. The van der Waals surface area contributed by atoms with Crippen LogP contribution in [-0.4, -0.2) is 27.7 Å². The van der Waals surface area contributed by atoms with Crippen molar-refractivity contribution in [3.05, 3.63) is 52.9 Å². The van der Waals surface area contributed by atoms with Gasteiger partial charge in [-0.25, -0.2) is 18.3 Å². The number of nitrogens with one attached hydrogen (secondary N) is 3. The topological polar surface area (TPSA) is 83.1 Å². The minimum atomic E-state index is -1.42. The highest BCUT2D eigenvalue weighted by molar-refractivity contribution is 7.83. The Morgan fingerprint density at radius 3 is 2.55 bits per heavy atom. The number of pyridine rings is 1. The van der Waals surface area contributed by atoms with Crippen LogP contribution in [-0.2, 0) is 15.8 Å². The molecule has 1 aliphatic carbocycles. The van der Waals surface area contributed by atoms with E-state index in [2.05, 4.69) is 20.3 Å². The number of carbonyl (C=O) groups excluding carboxylic acids is 1. The molecule has 0 radical (unpaired) electrons. The molecule has 6 nitrogen and oxygen atoms in total. The van der Waals surface area contributed by atoms with Crippen LogP contribution in [0.2, 0.25) is 5.02 Å². The fourth-order valence-electron chi connectivity index (χ4n) is 3.68. The first kappa shape index (κ1) is 23.6. The molecule has 1 amide bonds. The zero-order valence-electron chi connectivity index (χ0n) is 17.7. The maximum atomic E-state index is 13.1. The van der Waals surface area contributed by atoms with Gasteiger partial charge in [0.15, 0.2) is 0 Å². The SMILES string of the molecule is CCNc1ncc(S(=O)NC2CCC(C(=O)N[C@H](C)c3ccc(F)cc3)CC2)cc1Cl. The summed E-state index contributed by atoms with van der Waals surface area (Å²) in [6.45, 7) is 4.54. The molecule has 2 aromatic rings. The fourth-order valence-corrected chi connectivity index (χ4v) is 5.02. The van der Waals surface area contributed by atoms with E-state index in [0.717, 1.165) is 31.2 Å². The number of halogens is 2. The first-order valence-corrected chi connectivity index (χ1v) is 12.0. The van der Waals surface area contributed by atoms with Gasteiger partial charge in [-0.15, -0.1) is 0 Å². The smallest absolute Gasteiger partial charge is 0.223 e. The Hall–Kier alpha value is -2.03. The van der Waals surface area contributed by atoms with Crippen LogP contribution in [0.5, 0.6) is 0 Å². The Balaban J connectivity index is 1.47. The molecule has 1 unspecified atom stereocenters. The van der Waals surface area contributed by atoms with Crippen LogP contribution < -0.4 is 15.4 Å². The van der Waals surface area contributed by atoms with Crippen LogP contribution in [0.15, 0.2) is 41.4 Å². The van der Waals surface area contributed by atoms with Gasteiger partial charge >= 0.3 is 0 Å². The van der Waals surface area contributed by atoms with Crippen molar-refractivity contribution in [1.29, 1.82) is 0 Å². The zero-order chi connectivity index (χ0) is 22.4. The second-order valence-electron chi connectivity index (χ2n) is 7.75. The molecule has 3 N–H and O–H groups in total. The molecule has 31 heavy (non-hydrogen) atoms. The van der Waals surface area contributed by atoms with E-state index >= 15 is 0 Å². The Labute approximate surface area is 190 Å². The molecule has 1 fully saturated rings. The summed E-state index contributed by atoms with van der Waals surface area (Å²) in [6.07, 6.45) is 4.50. The molecule has 1 aliphatic rings. The van der Waals surface area contributed by atoms with Crippen LogP contribution in [0.25, 0.3) is 0 Å². The van der Waals surface area contributed by atoms with E-state index in [9.17, 15) is 13.4 Å². The average molecular weight is 467 g/mol. The van der Waals surface area contributed by atoms with Crippen LogP contribution in [0.3, 0.4) is 0 Å². The van der Waals surface area contributed by atoms with Crippen LogP contribution in [0, 0.1) is 11.7 Å². The van der Waals surface area contributed by atoms with Gasteiger partial charge in [0, 0.05) is 24.7 Å². The van der Waals surface area contributed by atoms with E-state index in [4.69, 9.17) is 11.6 Å². The van der Waals surface area contributed by atoms with Gasteiger partial charge in [-0.1, -0.05) is 23.7 Å². The minimum absolute atomic E-state index is 0.00592.